The topological polar surface area (TPSA) is 51.2 Å². The highest BCUT2D eigenvalue weighted by Crippen LogP contribution is 2.39. The number of methoxy groups -OCH3 is 1. The molecule has 26 heavy (non-hydrogen) atoms. The van der Waals surface area contributed by atoms with E-state index in [-0.39, 0.29) is 23.0 Å². The Bertz CT molecular complexity index is 925. The molecule has 0 saturated heterocycles. The molecule has 0 aliphatic rings. The van der Waals surface area contributed by atoms with Crippen LogP contribution in [0.2, 0.25) is 0 Å². The normalized spacial score (nSPS) is 10.3. The van der Waals surface area contributed by atoms with Crippen molar-refractivity contribution in [2.45, 2.75) is 11.1 Å². The summed E-state index contributed by atoms with van der Waals surface area (Å²) in [7, 11) is 1.39. The lowest BCUT2D eigenvalue weighted by molar-refractivity contribution is 0.0606. The van der Waals surface area contributed by atoms with Crippen LogP contribution in [0.1, 0.15) is 15.2 Å². The van der Waals surface area contributed by atoms with Gasteiger partial charge in [-0.1, -0.05) is 6.07 Å². The predicted octanol–water partition coefficient (Wildman–Crippen LogP) is 6.77. The number of thiophene rings is 1. The lowest BCUT2D eigenvalue weighted by atomic mass is 10.2. The van der Waals surface area contributed by atoms with Gasteiger partial charge in [-0.3, -0.25) is 0 Å². The summed E-state index contributed by atoms with van der Waals surface area (Å²) in [6, 6.07) is 7.98. The quantitative estimate of drug-likeness (QED) is 0.288. The zero-order chi connectivity index (χ0) is 18.0. The van der Waals surface area contributed by atoms with Gasteiger partial charge >= 0.3 is 5.97 Å². The predicted molar refractivity (Wildman–Crippen MR) is 121 cm³/mol. The van der Waals surface area contributed by atoms with Crippen LogP contribution in [-0.2, 0) is 4.74 Å². The molecule has 3 aromatic rings. The van der Waals surface area contributed by atoms with Gasteiger partial charge in [-0.2, -0.15) is 0 Å². The summed E-state index contributed by atoms with van der Waals surface area (Å²) in [4.78, 5) is 17.0. The number of hydrogen-bond donors (Lipinski definition) is 1. The maximum Gasteiger partial charge on any atom is 0.348 e. The SMILES string of the molecule is Br.COC(=O)c1cc(-c2csc(Nc3ccc(C)cc3Br)n2)c(SC)s1. The van der Waals surface area contributed by atoms with E-state index in [4.69, 9.17) is 4.74 Å². The van der Waals surface area contributed by atoms with E-state index in [9.17, 15) is 4.79 Å². The number of aromatic nitrogens is 1. The van der Waals surface area contributed by atoms with Gasteiger partial charge in [-0.15, -0.1) is 51.4 Å². The second kappa shape index (κ2) is 9.36. The first-order valence-corrected chi connectivity index (χ1v) is 11.0. The Hall–Kier alpha value is -0.870. The molecule has 0 amide bonds. The molecule has 0 fully saturated rings. The van der Waals surface area contributed by atoms with Gasteiger partial charge in [-0.05, 0) is 52.9 Å². The fraction of sp³-hybridized carbons (Fsp3) is 0.176. The standard InChI is InChI=1S/C17H15BrN2O2S3.BrH/c1-9-4-5-12(11(18)6-9)19-17-20-13(8-24-17)10-7-14(15(21)22-2)25-16(10)23-3;/h4-8H,1-3H3,(H,19,20);1H. The molecule has 2 heterocycles. The molecule has 1 N–H and O–H groups in total. The summed E-state index contributed by atoms with van der Waals surface area (Å²) < 4.78 is 6.87. The van der Waals surface area contributed by atoms with E-state index in [0.29, 0.717) is 4.88 Å². The van der Waals surface area contributed by atoms with Crippen molar-refractivity contribution >= 4 is 84.1 Å². The zero-order valence-electron chi connectivity index (χ0n) is 14.2. The van der Waals surface area contributed by atoms with Crippen LogP contribution >= 0.6 is 67.3 Å². The van der Waals surface area contributed by atoms with E-state index in [0.717, 1.165) is 30.8 Å². The molecular formula is C17H16Br2N2O2S3. The van der Waals surface area contributed by atoms with E-state index in [1.807, 2.05) is 23.8 Å². The maximum absolute atomic E-state index is 11.8. The molecule has 9 heteroatoms. The summed E-state index contributed by atoms with van der Waals surface area (Å²) in [6.07, 6.45) is 1.99. The average molecular weight is 536 g/mol. The number of carbonyl (C=O) groups excluding carboxylic acids is 1. The third-order valence-electron chi connectivity index (χ3n) is 3.42. The van der Waals surface area contributed by atoms with Gasteiger partial charge in [0.05, 0.1) is 22.7 Å². The van der Waals surface area contributed by atoms with Crippen LogP contribution in [0.5, 0.6) is 0 Å². The molecule has 3 rings (SSSR count). The summed E-state index contributed by atoms with van der Waals surface area (Å²) in [5.74, 6) is -0.316. The van der Waals surface area contributed by atoms with Gasteiger partial charge in [0.25, 0.3) is 0 Å². The number of hydrogen-bond acceptors (Lipinski definition) is 7. The zero-order valence-corrected chi connectivity index (χ0v) is 19.9. The molecule has 0 radical (unpaired) electrons. The molecule has 138 valence electrons. The number of benzene rings is 1. The number of rotatable bonds is 5. The number of anilines is 2. The van der Waals surface area contributed by atoms with Gasteiger partial charge in [-0.25, -0.2) is 9.78 Å². The molecule has 0 spiro atoms. The Kier molecular flexibility index (Phi) is 7.72. The third-order valence-corrected chi connectivity index (χ3v) is 7.08. The Labute approximate surface area is 183 Å². The monoisotopic (exact) mass is 534 g/mol. The molecule has 0 saturated carbocycles. The van der Waals surface area contributed by atoms with Gasteiger partial charge < -0.3 is 10.1 Å². The summed E-state index contributed by atoms with van der Waals surface area (Å²) in [5, 5.41) is 6.13. The van der Waals surface area contributed by atoms with E-state index in [2.05, 4.69) is 45.3 Å². The Morgan fingerprint density at radius 2 is 2.12 bits per heavy atom. The Morgan fingerprint density at radius 3 is 2.77 bits per heavy atom. The smallest absolute Gasteiger partial charge is 0.348 e. The molecule has 0 bridgehead atoms. The number of carbonyl (C=O) groups is 1. The van der Waals surface area contributed by atoms with Crippen molar-refractivity contribution in [3.63, 3.8) is 0 Å². The van der Waals surface area contributed by atoms with E-state index >= 15 is 0 Å². The lowest BCUT2D eigenvalue weighted by Crippen LogP contribution is -1.96. The van der Waals surface area contributed by atoms with E-state index in [1.165, 1.54) is 35.3 Å². The molecule has 2 aromatic heterocycles. The number of thiazole rings is 1. The minimum atomic E-state index is -0.316. The van der Waals surface area contributed by atoms with Crippen molar-refractivity contribution in [3.8, 4) is 11.3 Å². The van der Waals surface area contributed by atoms with Gasteiger partial charge in [0.1, 0.15) is 4.88 Å². The van der Waals surface area contributed by atoms with Crippen molar-refractivity contribution in [3.05, 3.63) is 44.6 Å². The van der Waals surface area contributed by atoms with Crippen LogP contribution in [-0.4, -0.2) is 24.3 Å². The fourth-order valence-electron chi connectivity index (χ4n) is 2.20. The first-order valence-electron chi connectivity index (χ1n) is 7.27. The van der Waals surface area contributed by atoms with Crippen LogP contribution in [0.4, 0.5) is 10.8 Å². The number of esters is 1. The second-order valence-corrected chi connectivity index (χ2v) is 8.99. The maximum atomic E-state index is 11.8. The van der Waals surface area contributed by atoms with Crippen LogP contribution in [0.3, 0.4) is 0 Å². The van der Waals surface area contributed by atoms with Gasteiger partial charge in [0.2, 0.25) is 0 Å². The number of halogens is 2. The summed E-state index contributed by atoms with van der Waals surface area (Å²) >= 11 is 8.13. The first-order chi connectivity index (χ1) is 12.0. The van der Waals surface area contributed by atoms with Crippen molar-refractivity contribution in [1.29, 1.82) is 0 Å². The lowest BCUT2D eigenvalue weighted by Gasteiger charge is -2.06. The average Bonchev–Trinajstić information content (AvgIpc) is 3.23. The van der Waals surface area contributed by atoms with Crippen LogP contribution in [0, 0.1) is 6.92 Å². The highest BCUT2D eigenvalue weighted by molar-refractivity contribution is 9.10. The number of nitrogens with zero attached hydrogens (tertiary/aromatic N) is 1. The van der Waals surface area contributed by atoms with Crippen molar-refractivity contribution in [2.24, 2.45) is 0 Å². The summed E-state index contributed by atoms with van der Waals surface area (Å²) in [5.41, 5.74) is 3.98. The summed E-state index contributed by atoms with van der Waals surface area (Å²) in [6.45, 7) is 2.05. The van der Waals surface area contributed by atoms with Crippen molar-refractivity contribution in [2.75, 3.05) is 18.7 Å². The fourth-order valence-corrected chi connectivity index (χ4v) is 5.32. The molecule has 0 unspecified atom stereocenters. The van der Waals surface area contributed by atoms with Crippen molar-refractivity contribution in [1.82, 2.24) is 4.98 Å². The number of thioether (sulfide) groups is 1. The minimum absolute atomic E-state index is 0. The highest BCUT2D eigenvalue weighted by Gasteiger charge is 2.18. The number of nitrogens with one attached hydrogen (secondary N) is 1. The molecule has 0 aliphatic heterocycles. The Balaban J connectivity index is 0.00000243. The molecule has 4 nitrogen and oxygen atoms in total. The number of aryl methyl sites for hydroxylation is 1. The third kappa shape index (κ3) is 4.69. The Morgan fingerprint density at radius 1 is 1.35 bits per heavy atom. The first kappa shape index (κ1) is 21.4. The van der Waals surface area contributed by atoms with Crippen LogP contribution in [0.25, 0.3) is 11.3 Å². The van der Waals surface area contributed by atoms with Crippen LogP contribution in [0.15, 0.2) is 38.3 Å². The molecular weight excluding hydrogens is 520 g/mol. The van der Waals surface area contributed by atoms with Gasteiger partial charge in [0.15, 0.2) is 5.13 Å². The largest absolute Gasteiger partial charge is 0.465 e. The highest BCUT2D eigenvalue weighted by atomic mass is 79.9. The minimum Gasteiger partial charge on any atom is -0.465 e. The van der Waals surface area contributed by atoms with Crippen molar-refractivity contribution < 1.29 is 9.53 Å². The van der Waals surface area contributed by atoms with Gasteiger partial charge in [0, 0.05) is 15.4 Å². The molecule has 1 aromatic carbocycles. The van der Waals surface area contributed by atoms with E-state index in [1.54, 1.807) is 11.8 Å². The number of ether oxygens (including phenoxy) is 1. The molecule has 0 atom stereocenters. The van der Waals surface area contributed by atoms with E-state index < -0.39 is 0 Å². The second-order valence-electron chi connectivity index (χ2n) is 5.15. The molecule has 0 aliphatic carbocycles. The van der Waals surface area contributed by atoms with Crippen LogP contribution < -0.4 is 5.32 Å².